The van der Waals surface area contributed by atoms with E-state index < -0.39 is 14.3 Å². The molecule has 13 nitrogen and oxygen atoms in total. The van der Waals surface area contributed by atoms with Gasteiger partial charge in [0.2, 0.25) is 32.2 Å². The highest BCUT2D eigenvalue weighted by atomic mass is 31.2. The molecular weight excluding hydrogens is 699 g/mol. The molecule has 16 heteroatoms. The largest absolute Gasteiger partial charge is 0.355 e. The van der Waals surface area contributed by atoms with E-state index in [1.807, 2.05) is 15.9 Å². The number of nitrogens with one attached hydrogen (secondary N) is 2. The third-order valence-corrected chi connectivity index (χ3v) is 10.9. The van der Waals surface area contributed by atoms with Crippen molar-refractivity contribution in [2.45, 2.75) is 75.3 Å². The summed E-state index contributed by atoms with van der Waals surface area (Å²) in [5.41, 5.74) is 1.79. The lowest BCUT2D eigenvalue weighted by atomic mass is 9.96. The molecule has 7 rings (SSSR count). The standard InChI is InChI=1S/C13H13FNO3P.C12H14N2O2.C11H18N2O2.FHO/c1-15-13(16)10-5-3-8-2-4-9(6-11(8)7-10)12(14)19(17)18;15-8-14-7-10(6-12(14)2-3-12)9-1-4-13-11(16)5-9;1-9(14)12-7-4-10-3-2-6-13(10)11(15)5-8-12;1-2/h2-7,12,17-18H,1H3,(H,15,16);1,4-5,8,10H,2-3,6-7H2,(H,13,16);10H,2-8H2,1H3;2H. The van der Waals surface area contributed by atoms with Crippen LogP contribution in [0.5, 0.6) is 0 Å². The van der Waals surface area contributed by atoms with Gasteiger partial charge in [0.1, 0.15) is 0 Å². The number of pyridine rings is 1. The Morgan fingerprint density at radius 3 is 2.37 bits per heavy atom. The molecule has 282 valence electrons. The third-order valence-electron chi connectivity index (χ3n) is 10.2. The molecule has 2 aromatic carbocycles. The Hall–Kier alpha value is -4.30. The van der Waals surface area contributed by atoms with Crippen LogP contribution in [0.4, 0.5) is 8.92 Å². The number of hydrogen-bond acceptors (Lipinski definition) is 8. The van der Waals surface area contributed by atoms with Gasteiger partial charge in [0, 0.05) is 81.9 Å². The van der Waals surface area contributed by atoms with Crippen molar-refractivity contribution in [2.24, 2.45) is 0 Å². The smallest absolute Gasteiger partial charge is 0.251 e. The van der Waals surface area contributed by atoms with Crippen LogP contribution in [-0.2, 0) is 14.4 Å². The number of fused-ring (bicyclic) bond motifs is 2. The van der Waals surface area contributed by atoms with E-state index in [1.165, 1.54) is 19.2 Å². The van der Waals surface area contributed by atoms with Gasteiger partial charge in [0.05, 0.1) is 0 Å². The highest BCUT2D eigenvalue weighted by Crippen LogP contribution is 2.53. The van der Waals surface area contributed by atoms with Crippen LogP contribution in [0.15, 0.2) is 59.5 Å². The van der Waals surface area contributed by atoms with Crippen LogP contribution in [0.1, 0.15) is 85.2 Å². The summed E-state index contributed by atoms with van der Waals surface area (Å²) in [6, 6.07) is 13.8. The molecule has 3 unspecified atom stereocenters. The summed E-state index contributed by atoms with van der Waals surface area (Å²) in [4.78, 5) is 83.0. The second-order valence-electron chi connectivity index (χ2n) is 13.4. The minimum Gasteiger partial charge on any atom is -0.355 e. The third kappa shape index (κ3) is 9.97. The molecule has 3 aromatic rings. The van der Waals surface area contributed by atoms with E-state index in [0.29, 0.717) is 35.9 Å². The van der Waals surface area contributed by atoms with Gasteiger partial charge in [0.15, 0.2) is 5.91 Å². The molecule has 1 aromatic heterocycles. The van der Waals surface area contributed by atoms with Crippen LogP contribution in [0.3, 0.4) is 0 Å². The number of carbonyl (C=O) groups is 4. The Labute approximate surface area is 301 Å². The topological polar surface area (TPSA) is 184 Å². The molecule has 1 spiro atoms. The van der Waals surface area contributed by atoms with Gasteiger partial charge in [-0.25, -0.2) is 9.70 Å². The highest BCUT2D eigenvalue weighted by molar-refractivity contribution is 7.45. The lowest BCUT2D eigenvalue weighted by Gasteiger charge is -2.31. The molecule has 0 radical (unpaired) electrons. The van der Waals surface area contributed by atoms with Gasteiger partial charge in [0.25, 0.3) is 5.91 Å². The van der Waals surface area contributed by atoms with Crippen molar-refractivity contribution in [2.75, 3.05) is 33.2 Å². The molecule has 3 saturated heterocycles. The molecule has 5 N–H and O–H groups in total. The molecule has 1 saturated carbocycles. The summed E-state index contributed by atoms with van der Waals surface area (Å²) in [6.45, 7) is 4.66. The van der Waals surface area contributed by atoms with Crippen LogP contribution in [0.25, 0.3) is 10.8 Å². The number of amides is 4. The Morgan fingerprint density at radius 2 is 1.75 bits per heavy atom. The first kappa shape index (κ1) is 40.5. The first-order valence-electron chi connectivity index (χ1n) is 17.1. The number of halogens is 2. The molecule has 4 heterocycles. The zero-order valence-corrected chi connectivity index (χ0v) is 30.1. The average molecular weight is 746 g/mol. The summed E-state index contributed by atoms with van der Waals surface area (Å²) < 4.78 is 22.1. The molecular formula is C36H46F2N5O8P. The van der Waals surface area contributed by atoms with Gasteiger partial charge in [-0.1, -0.05) is 22.7 Å². The van der Waals surface area contributed by atoms with Crippen molar-refractivity contribution >= 4 is 43.3 Å². The SMILES string of the molecule is CC(=O)N1CCC(=O)N2CCCC2CC1.CNC(=O)c1ccc2ccc(C(F)P(O)O)cc2c1.O=CN1CC(c2cc[nH]c(=O)c2)CC12CC2.OF. The second kappa shape index (κ2) is 18.5. The number of likely N-dealkylation sites (tertiary alicyclic amines) is 1. The van der Waals surface area contributed by atoms with E-state index >= 15 is 0 Å². The van der Waals surface area contributed by atoms with Crippen LogP contribution in [0.2, 0.25) is 0 Å². The first-order valence-corrected chi connectivity index (χ1v) is 18.5. The number of alkyl halides is 1. The number of nitrogens with zero attached hydrogens (tertiary/aromatic N) is 3. The number of aromatic nitrogens is 1. The Kier molecular flexibility index (Phi) is 14.4. The van der Waals surface area contributed by atoms with E-state index in [0.717, 1.165) is 75.5 Å². The average Bonchev–Trinajstić information content (AvgIpc) is 3.60. The van der Waals surface area contributed by atoms with Crippen molar-refractivity contribution in [1.29, 1.82) is 0 Å². The Morgan fingerprint density at radius 1 is 1.02 bits per heavy atom. The fourth-order valence-corrected chi connectivity index (χ4v) is 7.63. The zero-order chi connectivity index (χ0) is 38.0. The van der Waals surface area contributed by atoms with Gasteiger partial charge < -0.3 is 34.8 Å². The van der Waals surface area contributed by atoms with Gasteiger partial charge in [-0.15, -0.1) is 0 Å². The van der Waals surface area contributed by atoms with Crippen molar-refractivity contribution in [1.82, 2.24) is 25.0 Å². The van der Waals surface area contributed by atoms with E-state index in [9.17, 15) is 28.4 Å². The number of carbonyl (C=O) groups excluding carboxylic acids is 4. The Balaban J connectivity index is 0.000000171. The first-order chi connectivity index (χ1) is 24.9. The quantitative estimate of drug-likeness (QED) is 0.193. The molecule has 3 atom stereocenters. The number of H-pyrrole nitrogens is 1. The van der Waals surface area contributed by atoms with E-state index in [-0.39, 0.29) is 34.4 Å². The van der Waals surface area contributed by atoms with Crippen molar-refractivity contribution in [3.05, 3.63) is 81.8 Å². The summed E-state index contributed by atoms with van der Waals surface area (Å²) in [6.07, 6.45) is 9.56. The highest BCUT2D eigenvalue weighted by Gasteiger charge is 2.54. The van der Waals surface area contributed by atoms with Crippen LogP contribution >= 0.6 is 8.38 Å². The lowest BCUT2D eigenvalue weighted by molar-refractivity contribution is -0.136. The number of rotatable bonds is 5. The fraction of sp³-hybridized carbons (Fsp3) is 0.472. The van der Waals surface area contributed by atoms with E-state index in [2.05, 4.69) is 10.3 Å². The molecule has 3 aliphatic heterocycles. The van der Waals surface area contributed by atoms with Gasteiger partial charge in [-0.3, -0.25) is 24.0 Å². The van der Waals surface area contributed by atoms with Gasteiger partial charge in [-0.05, 0) is 84.7 Å². The predicted octanol–water partition coefficient (Wildman–Crippen LogP) is 3.80. The monoisotopic (exact) mass is 745 g/mol. The minimum absolute atomic E-state index is 0.0631. The Bertz CT molecular complexity index is 1770. The second-order valence-corrected chi connectivity index (χ2v) is 14.4. The molecule has 4 amide bonds. The molecule has 4 fully saturated rings. The van der Waals surface area contributed by atoms with Crippen molar-refractivity contribution in [3.8, 4) is 0 Å². The van der Waals surface area contributed by atoms with Crippen LogP contribution < -0.4 is 10.9 Å². The van der Waals surface area contributed by atoms with Crippen LogP contribution in [-0.4, -0.2) is 104 Å². The van der Waals surface area contributed by atoms with Crippen molar-refractivity contribution < 1.29 is 43.2 Å². The zero-order valence-electron chi connectivity index (χ0n) is 29.2. The maximum Gasteiger partial charge on any atom is 0.251 e. The maximum atomic E-state index is 13.6. The summed E-state index contributed by atoms with van der Waals surface area (Å²) in [5, 5.41) is 9.54. The van der Waals surface area contributed by atoms with E-state index in [1.54, 1.807) is 48.4 Å². The fourth-order valence-electron chi connectivity index (χ4n) is 7.20. The van der Waals surface area contributed by atoms with Gasteiger partial charge >= 0.3 is 0 Å². The number of hydrogen-bond donors (Lipinski definition) is 5. The molecule has 4 aliphatic rings. The number of aromatic amines is 1. The van der Waals surface area contributed by atoms with Crippen molar-refractivity contribution in [3.63, 3.8) is 0 Å². The lowest BCUT2D eigenvalue weighted by Crippen LogP contribution is -2.44. The van der Waals surface area contributed by atoms with E-state index in [4.69, 9.17) is 19.6 Å². The molecule has 0 bridgehead atoms. The summed E-state index contributed by atoms with van der Waals surface area (Å²) in [5.74, 6) is -1.38. The van der Waals surface area contributed by atoms with Gasteiger partial charge in [-0.2, -0.15) is 0 Å². The summed E-state index contributed by atoms with van der Waals surface area (Å²) >= 11 is 0. The molecule has 1 aliphatic carbocycles. The molecule has 52 heavy (non-hydrogen) atoms. The maximum absolute atomic E-state index is 13.6. The summed E-state index contributed by atoms with van der Waals surface area (Å²) in [7, 11) is -1.13. The minimum atomic E-state index is -2.66. The number of benzene rings is 2. The normalized spacial score (nSPS) is 20.6. The van der Waals surface area contributed by atoms with Crippen LogP contribution in [0, 0.1) is 0 Å². The predicted molar refractivity (Wildman–Crippen MR) is 191 cm³/mol.